The van der Waals surface area contributed by atoms with Crippen LogP contribution in [0.1, 0.15) is 67.7 Å². The van der Waals surface area contributed by atoms with Crippen molar-refractivity contribution in [1.82, 2.24) is 10.3 Å². The van der Waals surface area contributed by atoms with Crippen molar-refractivity contribution in [2.24, 2.45) is 52.8 Å². The molecule has 1 aromatic heterocycles. The lowest BCUT2D eigenvalue weighted by Gasteiger charge is -2.69. The van der Waals surface area contributed by atoms with Crippen LogP contribution in [-0.2, 0) is 26.3 Å². The molecule has 5 saturated heterocycles. The second-order valence-corrected chi connectivity index (χ2v) is 28.3. The lowest BCUT2D eigenvalue weighted by atomic mass is 9.39. The van der Waals surface area contributed by atoms with Gasteiger partial charge in [0.25, 0.3) is 0 Å². The summed E-state index contributed by atoms with van der Waals surface area (Å²) in [6.45, 7) is -0.465. The molecule has 6 aliphatic carbocycles. The molecule has 4 aromatic carbocycles. The number of carbonyl (C=O) groups is 1. The Labute approximate surface area is 427 Å². The molecule has 5 saturated carbocycles. The number of rotatable bonds is 4. The number of hydrogen-bond donors (Lipinski definition) is 8. The van der Waals surface area contributed by atoms with Gasteiger partial charge in [-0.05, 0) is 145 Å². The van der Waals surface area contributed by atoms with Gasteiger partial charge in [-0.3, -0.25) is 0 Å². The number of carbonyl (C=O) groups excluding carboxylic acids is 1. The molecule has 71 heavy (non-hydrogen) atoms. The van der Waals surface area contributed by atoms with Crippen molar-refractivity contribution in [3.63, 3.8) is 0 Å². The zero-order chi connectivity index (χ0) is 48.1. The van der Waals surface area contributed by atoms with Crippen molar-refractivity contribution in [1.29, 1.82) is 0 Å². The topological polar surface area (TPSA) is 194 Å². The largest absolute Gasteiger partial charge is 0.508 e. The Morgan fingerprint density at radius 1 is 0.859 bits per heavy atom. The molecule has 20 atom stereocenters. The average molecular weight is 1040 g/mol. The molecule has 10 fully saturated rings. The lowest BCUT2D eigenvalue weighted by Crippen LogP contribution is -2.80. The second kappa shape index (κ2) is 15.9. The van der Waals surface area contributed by atoms with Crippen molar-refractivity contribution < 1.29 is 49.6 Å². The fraction of sp³-hybridized carbons (Fsp3) is 0.582. The molecule has 8 N–H and O–H groups in total. The van der Waals surface area contributed by atoms with Crippen molar-refractivity contribution in [3.05, 3.63) is 83.6 Å². The molecule has 16 heteroatoms. The lowest BCUT2D eigenvalue weighted by molar-refractivity contribution is -0.380. The van der Waals surface area contributed by atoms with Crippen LogP contribution in [0.2, 0.25) is 0 Å². The number of aliphatic hydroxyl groups excluding tert-OH is 3. The van der Waals surface area contributed by atoms with Gasteiger partial charge >= 0.3 is 5.97 Å². The molecule has 7 aliphatic heterocycles. The van der Waals surface area contributed by atoms with Gasteiger partial charge < -0.3 is 55.2 Å². The fourth-order valence-electron chi connectivity index (χ4n) is 18.6. The summed E-state index contributed by atoms with van der Waals surface area (Å²) in [6, 6.07) is 22.1. The minimum absolute atomic E-state index is 0.0813. The maximum Gasteiger partial charge on any atom is 0.343 e. The summed E-state index contributed by atoms with van der Waals surface area (Å²) < 4.78 is 20.9. The van der Waals surface area contributed by atoms with Crippen LogP contribution < -0.4 is 10.1 Å². The fourth-order valence-corrected chi connectivity index (χ4v) is 25.2. The quantitative estimate of drug-likeness (QED) is 0.0505. The molecule has 9 bridgehead atoms. The number of benzene rings is 4. The van der Waals surface area contributed by atoms with E-state index in [2.05, 4.69) is 34.6 Å². The van der Waals surface area contributed by atoms with Gasteiger partial charge in [-0.15, -0.1) is 0 Å². The van der Waals surface area contributed by atoms with E-state index in [1.54, 1.807) is 21.6 Å². The van der Waals surface area contributed by atoms with Crippen molar-refractivity contribution in [3.8, 4) is 11.5 Å². The van der Waals surface area contributed by atoms with Gasteiger partial charge in [0.15, 0.2) is 17.5 Å². The van der Waals surface area contributed by atoms with Gasteiger partial charge in [0.2, 0.25) is 5.79 Å². The van der Waals surface area contributed by atoms with Crippen LogP contribution in [-0.4, -0.2) is 119 Å². The monoisotopic (exact) mass is 1040 g/mol. The SMILES string of the molecule is CNC1CSSC2CSSCC3CC4C5CC1C(O)C1(CCC6CC7CCC8C2c2cc(O)ccc2C61C78)C5OC1C(C(=O)Oc2c(CO)[nH]c5ccc6cc7ccccc7cc6c25)OC(O)(C3O)C41O. The summed E-state index contributed by atoms with van der Waals surface area (Å²) in [5, 5.41) is 84.4. The highest BCUT2D eigenvalue weighted by atomic mass is 33.1. The Hall–Kier alpha value is -2.71. The van der Waals surface area contributed by atoms with Crippen molar-refractivity contribution in [2.75, 3.05) is 24.3 Å². The number of fused-ring (bicyclic) bond motifs is 4. The molecule has 8 heterocycles. The molecule has 12 nitrogen and oxygen atoms in total. The number of ether oxygens (including phenoxy) is 3. The predicted octanol–water partition coefficient (Wildman–Crippen LogP) is 7.38. The summed E-state index contributed by atoms with van der Waals surface area (Å²) in [5.74, 6) is -1.47. The smallest absolute Gasteiger partial charge is 0.343 e. The minimum atomic E-state index is -2.61. The number of aromatic hydroxyl groups is 1. The van der Waals surface area contributed by atoms with Gasteiger partial charge in [0.05, 0.1) is 35.4 Å². The molecule has 0 radical (unpaired) electrons. The van der Waals surface area contributed by atoms with Crippen molar-refractivity contribution in [2.45, 2.75) is 116 Å². The highest BCUT2D eigenvalue weighted by Crippen LogP contribution is 2.82. The van der Waals surface area contributed by atoms with E-state index >= 15 is 4.79 Å². The molecular formula is C55H60N2O10S4. The van der Waals surface area contributed by atoms with Gasteiger partial charge in [-0.1, -0.05) is 79.6 Å². The number of hydrogen-bond acceptors (Lipinski definition) is 15. The van der Waals surface area contributed by atoms with Crippen LogP contribution >= 0.6 is 43.2 Å². The summed E-state index contributed by atoms with van der Waals surface area (Å²) in [7, 11) is 9.33. The number of aromatic nitrogens is 1. The van der Waals surface area contributed by atoms with E-state index < -0.39 is 83.1 Å². The number of aliphatic hydroxyl groups is 5. The van der Waals surface area contributed by atoms with Crippen LogP contribution in [0, 0.1) is 52.8 Å². The van der Waals surface area contributed by atoms with Gasteiger partial charge in [-0.2, -0.15) is 0 Å². The average Bonchev–Trinajstić information content (AvgIpc) is 4.17. The van der Waals surface area contributed by atoms with Crippen LogP contribution in [0.25, 0.3) is 32.4 Å². The normalized spacial score (nSPS) is 45.7. The maximum atomic E-state index is 15.5. The van der Waals surface area contributed by atoms with E-state index in [4.69, 9.17) is 14.2 Å². The van der Waals surface area contributed by atoms with E-state index in [-0.39, 0.29) is 52.2 Å². The van der Waals surface area contributed by atoms with Crippen LogP contribution in [0.5, 0.6) is 11.5 Å². The first-order valence-corrected chi connectivity index (χ1v) is 30.8. The molecule has 5 aromatic rings. The Kier molecular flexibility index (Phi) is 10.2. The first-order chi connectivity index (χ1) is 34.5. The molecule has 18 rings (SSSR count). The van der Waals surface area contributed by atoms with E-state index in [0.717, 1.165) is 58.7 Å². The third-order valence-corrected chi connectivity index (χ3v) is 26.6. The first kappa shape index (κ1) is 45.7. The summed E-state index contributed by atoms with van der Waals surface area (Å²) in [4.78, 5) is 18.8. The molecule has 0 amide bonds. The Morgan fingerprint density at radius 2 is 1.69 bits per heavy atom. The maximum absolute atomic E-state index is 15.5. The van der Waals surface area contributed by atoms with E-state index in [1.165, 1.54) is 11.1 Å². The summed E-state index contributed by atoms with van der Waals surface area (Å²) >= 11 is 0. The minimum Gasteiger partial charge on any atom is -0.508 e. The number of phenolic OH excluding ortho intramolecular Hbond substituents is 1. The molecule has 20 unspecified atom stereocenters. The van der Waals surface area contributed by atoms with Crippen molar-refractivity contribution >= 4 is 81.6 Å². The van der Waals surface area contributed by atoms with E-state index in [1.807, 2.05) is 71.1 Å². The summed E-state index contributed by atoms with van der Waals surface area (Å²) in [5.41, 5.74) is -0.292. The van der Waals surface area contributed by atoms with Crippen LogP contribution in [0.3, 0.4) is 0 Å². The highest BCUT2D eigenvalue weighted by molar-refractivity contribution is 8.78. The third kappa shape index (κ3) is 5.65. The highest BCUT2D eigenvalue weighted by Gasteiger charge is 2.85. The van der Waals surface area contributed by atoms with E-state index in [9.17, 15) is 30.6 Å². The molecular weight excluding hydrogens is 977 g/mol. The molecule has 13 aliphatic rings. The molecule has 374 valence electrons. The van der Waals surface area contributed by atoms with Crippen LogP contribution in [0.15, 0.2) is 66.7 Å². The summed E-state index contributed by atoms with van der Waals surface area (Å²) in [6.07, 6.45) is -0.553. The number of aromatic amines is 1. The number of esters is 1. The zero-order valence-electron chi connectivity index (χ0n) is 39.3. The number of phenols is 1. The third-order valence-electron chi connectivity index (χ3n) is 20.9. The zero-order valence-corrected chi connectivity index (χ0v) is 42.6. The number of nitrogens with one attached hydrogen (secondary N) is 2. The Balaban J connectivity index is 0.941. The van der Waals surface area contributed by atoms with Gasteiger partial charge in [0, 0.05) is 63.1 Å². The molecule has 2 spiro atoms. The van der Waals surface area contributed by atoms with Crippen LogP contribution in [0.4, 0.5) is 0 Å². The van der Waals surface area contributed by atoms with Gasteiger partial charge in [0.1, 0.15) is 18.0 Å². The first-order valence-electron chi connectivity index (χ1n) is 25.9. The number of H-pyrrole nitrogens is 1. The van der Waals surface area contributed by atoms with Gasteiger partial charge in [-0.25, -0.2) is 4.79 Å². The predicted molar refractivity (Wildman–Crippen MR) is 277 cm³/mol. The van der Waals surface area contributed by atoms with E-state index in [0.29, 0.717) is 47.8 Å². The second-order valence-electron chi connectivity index (χ2n) is 23.1. The Bertz CT molecular complexity index is 3050. The standard InChI is InChI=1S/C55H60N2O10S4/c1-56-40-22-70-71-41-23-69-68-21-28-17-37-34-19-35(40)48(61)52(13-12-29-15-27-6-9-31-42(41)33-18-30(59)8-10-36(33)53(29,52)44(27)31)49(34)66-50-46(67-55(64,47(28)60)54(37,50)63)51(62)65-45-39(20-58)57-38-11-7-26-14-24-4-2-3-5-25(24)16-32(26)43(38)45/h2-5,7-8,10-11,14,16,18,27-29,31,34-35,37,40-42,44,46-50,56-61,63-64H,6,9,12-13,15,17,19-23H2,1H3. The Morgan fingerprint density at radius 3 is 2.52 bits per heavy atom.